The van der Waals surface area contributed by atoms with Crippen LogP contribution in [0.5, 0.6) is 0 Å². The molecule has 0 aromatic carbocycles. The molecule has 0 amide bonds. The van der Waals surface area contributed by atoms with Gasteiger partial charge in [-0.3, -0.25) is 4.79 Å². The number of carbonyl (C=O) groups is 3. The number of rotatable bonds is 8. The van der Waals surface area contributed by atoms with Crippen molar-refractivity contribution in [2.24, 2.45) is 5.92 Å². The first-order chi connectivity index (χ1) is 11.1. The van der Waals surface area contributed by atoms with Gasteiger partial charge in [-0.05, 0) is 0 Å². The Bertz CT molecular complexity index is 501. The van der Waals surface area contributed by atoms with E-state index in [4.69, 9.17) is 0 Å². The lowest BCUT2D eigenvalue weighted by Gasteiger charge is -2.27. The largest absolute Gasteiger partial charge is 0.460 e. The van der Waals surface area contributed by atoms with Crippen molar-refractivity contribution in [3.05, 3.63) is 0 Å². The summed E-state index contributed by atoms with van der Waals surface area (Å²) in [6.07, 6.45) is -6.56. The van der Waals surface area contributed by atoms with Crippen LogP contribution in [0.15, 0.2) is 0 Å². The van der Waals surface area contributed by atoms with Crippen molar-refractivity contribution in [1.29, 1.82) is 0 Å². The SMILES string of the molecule is CC(C)C(=O)OCC(=O)OCC(=O)OCC(F)(F)C(F)(F)C(F)(F)F. The molecule has 25 heavy (non-hydrogen) atoms. The van der Waals surface area contributed by atoms with Crippen LogP contribution in [0, 0.1) is 5.92 Å². The van der Waals surface area contributed by atoms with Crippen molar-refractivity contribution in [2.45, 2.75) is 31.9 Å². The lowest BCUT2D eigenvalue weighted by Crippen LogP contribution is -2.54. The molecule has 0 aliphatic rings. The van der Waals surface area contributed by atoms with Crippen LogP contribution in [0.1, 0.15) is 13.8 Å². The van der Waals surface area contributed by atoms with Gasteiger partial charge < -0.3 is 14.2 Å². The highest BCUT2D eigenvalue weighted by Crippen LogP contribution is 2.46. The molecule has 0 atom stereocenters. The van der Waals surface area contributed by atoms with Crippen molar-refractivity contribution in [1.82, 2.24) is 0 Å². The first-order valence-corrected chi connectivity index (χ1v) is 6.42. The molecule has 0 spiro atoms. The topological polar surface area (TPSA) is 78.9 Å². The molecule has 0 heterocycles. The van der Waals surface area contributed by atoms with Crippen LogP contribution in [0.2, 0.25) is 0 Å². The molecular formula is C12H13F7O6. The Morgan fingerprint density at radius 3 is 1.68 bits per heavy atom. The predicted molar refractivity (Wildman–Crippen MR) is 63.7 cm³/mol. The lowest BCUT2D eigenvalue weighted by molar-refractivity contribution is -0.359. The number of esters is 3. The Morgan fingerprint density at radius 1 is 0.800 bits per heavy atom. The second-order valence-electron chi connectivity index (χ2n) is 4.86. The van der Waals surface area contributed by atoms with E-state index >= 15 is 0 Å². The molecule has 0 saturated heterocycles. The summed E-state index contributed by atoms with van der Waals surface area (Å²) in [4.78, 5) is 33.0. The second-order valence-corrected chi connectivity index (χ2v) is 4.86. The average Bonchev–Trinajstić information content (AvgIpc) is 2.46. The molecule has 0 N–H and O–H groups in total. The molecule has 0 aromatic rings. The fraction of sp³-hybridized carbons (Fsp3) is 0.750. The maximum Gasteiger partial charge on any atom is 0.460 e. The monoisotopic (exact) mass is 386 g/mol. The summed E-state index contributed by atoms with van der Waals surface area (Å²) in [6.45, 7) is -1.97. The van der Waals surface area contributed by atoms with E-state index in [1.165, 1.54) is 13.8 Å². The summed E-state index contributed by atoms with van der Waals surface area (Å²) in [6, 6.07) is 0. The Kier molecular flexibility index (Phi) is 7.64. The van der Waals surface area contributed by atoms with Crippen molar-refractivity contribution >= 4 is 17.9 Å². The van der Waals surface area contributed by atoms with E-state index in [-0.39, 0.29) is 0 Å². The highest BCUT2D eigenvalue weighted by Gasteiger charge is 2.73. The van der Waals surface area contributed by atoms with Crippen molar-refractivity contribution < 1.29 is 59.3 Å². The maximum absolute atomic E-state index is 12.8. The fourth-order valence-corrected chi connectivity index (χ4v) is 0.989. The quantitative estimate of drug-likeness (QED) is 0.361. The number of hydrogen-bond donors (Lipinski definition) is 0. The van der Waals surface area contributed by atoms with Crippen LogP contribution in [0.25, 0.3) is 0 Å². The minimum absolute atomic E-state index is 0.574. The Labute approximate surface area is 136 Å². The smallest absolute Gasteiger partial charge is 0.456 e. The van der Waals surface area contributed by atoms with Crippen LogP contribution in [-0.2, 0) is 28.6 Å². The molecule has 13 heteroatoms. The van der Waals surface area contributed by atoms with Gasteiger partial charge in [-0.15, -0.1) is 0 Å². The molecule has 0 aliphatic carbocycles. The Morgan fingerprint density at radius 2 is 1.24 bits per heavy atom. The average molecular weight is 386 g/mol. The standard InChI is InChI=1S/C12H13F7O6/c1-6(2)9(22)24-4-7(20)23-3-8(21)25-5-10(13,14)11(15,16)12(17,18)19/h6H,3-5H2,1-2H3. The third-order valence-electron chi connectivity index (χ3n) is 2.38. The van der Waals surface area contributed by atoms with Crippen molar-refractivity contribution in [3.63, 3.8) is 0 Å². The van der Waals surface area contributed by atoms with Crippen LogP contribution >= 0.6 is 0 Å². The maximum atomic E-state index is 12.8. The van der Waals surface area contributed by atoms with Gasteiger partial charge in [0.25, 0.3) is 0 Å². The molecule has 6 nitrogen and oxygen atoms in total. The van der Waals surface area contributed by atoms with E-state index in [9.17, 15) is 45.1 Å². The molecule has 0 unspecified atom stereocenters. The first kappa shape index (κ1) is 22.9. The molecule has 0 bridgehead atoms. The molecule has 0 rings (SSSR count). The number of ether oxygens (including phenoxy) is 3. The van der Waals surface area contributed by atoms with E-state index in [1.807, 2.05) is 0 Å². The highest BCUT2D eigenvalue weighted by atomic mass is 19.4. The molecule has 0 radical (unpaired) electrons. The van der Waals surface area contributed by atoms with Crippen molar-refractivity contribution in [3.8, 4) is 0 Å². The van der Waals surface area contributed by atoms with Gasteiger partial charge in [-0.25, -0.2) is 9.59 Å². The van der Waals surface area contributed by atoms with Gasteiger partial charge in [-0.2, -0.15) is 30.7 Å². The fourth-order valence-electron chi connectivity index (χ4n) is 0.989. The second kappa shape index (κ2) is 8.34. The molecule has 0 aliphatic heterocycles. The molecule has 0 aromatic heterocycles. The van der Waals surface area contributed by atoms with Gasteiger partial charge in [0, 0.05) is 0 Å². The molecular weight excluding hydrogens is 373 g/mol. The number of halogens is 7. The van der Waals surface area contributed by atoms with E-state index in [1.54, 1.807) is 0 Å². The van der Waals surface area contributed by atoms with Gasteiger partial charge in [0.05, 0.1) is 5.92 Å². The zero-order valence-electron chi connectivity index (χ0n) is 12.8. The zero-order valence-corrected chi connectivity index (χ0v) is 12.8. The third kappa shape index (κ3) is 6.74. The van der Waals surface area contributed by atoms with Crippen LogP contribution in [0.4, 0.5) is 30.7 Å². The summed E-state index contributed by atoms with van der Waals surface area (Å²) in [7, 11) is 0. The van der Waals surface area contributed by atoms with E-state index in [2.05, 4.69) is 14.2 Å². The molecule has 146 valence electrons. The summed E-state index contributed by atoms with van der Waals surface area (Å²) >= 11 is 0. The van der Waals surface area contributed by atoms with Crippen LogP contribution in [0.3, 0.4) is 0 Å². The Balaban J connectivity index is 4.36. The van der Waals surface area contributed by atoms with Crippen molar-refractivity contribution in [2.75, 3.05) is 19.8 Å². The minimum Gasteiger partial charge on any atom is -0.456 e. The normalized spacial score (nSPS) is 12.7. The van der Waals surface area contributed by atoms with Gasteiger partial charge in [0.15, 0.2) is 19.8 Å². The zero-order chi connectivity index (χ0) is 20.1. The summed E-state index contributed by atoms with van der Waals surface area (Å²) < 4.78 is 98.2. The number of alkyl halides is 7. The predicted octanol–water partition coefficient (Wildman–Crippen LogP) is 2.10. The van der Waals surface area contributed by atoms with E-state index < -0.39 is 61.7 Å². The molecule has 0 saturated carbocycles. The highest BCUT2D eigenvalue weighted by molar-refractivity contribution is 5.79. The van der Waals surface area contributed by atoms with Gasteiger partial charge in [-0.1, -0.05) is 13.8 Å². The number of carbonyl (C=O) groups excluding carboxylic acids is 3. The third-order valence-corrected chi connectivity index (χ3v) is 2.38. The minimum atomic E-state index is -6.56. The number of hydrogen-bond acceptors (Lipinski definition) is 6. The summed E-state index contributed by atoms with van der Waals surface area (Å²) in [5.74, 6) is -16.6. The first-order valence-electron chi connectivity index (χ1n) is 6.42. The lowest BCUT2D eigenvalue weighted by atomic mass is 10.2. The summed E-state index contributed by atoms with van der Waals surface area (Å²) in [5, 5.41) is 0. The van der Waals surface area contributed by atoms with E-state index in [0.717, 1.165) is 0 Å². The van der Waals surface area contributed by atoms with Gasteiger partial charge >= 0.3 is 35.9 Å². The Hall–Kier alpha value is -2.08. The van der Waals surface area contributed by atoms with Gasteiger partial charge in [0.1, 0.15) is 0 Å². The van der Waals surface area contributed by atoms with E-state index in [0.29, 0.717) is 0 Å². The van der Waals surface area contributed by atoms with Gasteiger partial charge in [0.2, 0.25) is 0 Å². The van der Waals surface area contributed by atoms with Crippen LogP contribution in [-0.4, -0.2) is 55.7 Å². The molecule has 0 fully saturated rings. The van der Waals surface area contributed by atoms with Crippen LogP contribution < -0.4 is 0 Å². The summed E-state index contributed by atoms with van der Waals surface area (Å²) in [5.41, 5.74) is 0.